The van der Waals surface area contributed by atoms with Gasteiger partial charge in [0.15, 0.2) is 5.78 Å². The lowest BCUT2D eigenvalue weighted by Crippen LogP contribution is -2.31. The number of likely N-dealkylation sites (N-methyl/N-ethyl adjacent to an activating group) is 1. The third-order valence-electron chi connectivity index (χ3n) is 3.35. The number of para-hydroxylation sites is 1. The summed E-state index contributed by atoms with van der Waals surface area (Å²) in [6, 6.07) is 9.82. The van der Waals surface area contributed by atoms with Gasteiger partial charge in [-0.3, -0.25) is 4.79 Å². The number of nitrogens with zero attached hydrogens (tertiary/aromatic N) is 1. The maximum Gasteiger partial charge on any atom is 0.159 e. The predicted molar refractivity (Wildman–Crippen MR) is 68.2 cm³/mol. The monoisotopic (exact) mass is 231 g/mol. The summed E-state index contributed by atoms with van der Waals surface area (Å²) in [6.45, 7) is 1.51. The first-order chi connectivity index (χ1) is 8.11. The van der Waals surface area contributed by atoms with Gasteiger partial charge in [0.2, 0.25) is 0 Å². The summed E-state index contributed by atoms with van der Waals surface area (Å²) in [4.78, 5) is 13.3. The van der Waals surface area contributed by atoms with E-state index in [1.165, 1.54) is 6.92 Å². The molecule has 0 saturated carbocycles. The van der Waals surface area contributed by atoms with E-state index < -0.39 is 0 Å². The van der Waals surface area contributed by atoms with Crippen LogP contribution in [-0.4, -0.2) is 24.0 Å². The maximum absolute atomic E-state index is 11.3. The van der Waals surface area contributed by atoms with Gasteiger partial charge in [-0.2, -0.15) is 0 Å². The molecular weight excluding hydrogens is 214 g/mol. The van der Waals surface area contributed by atoms with Crippen molar-refractivity contribution in [3.8, 4) is 0 Å². The second kappa shape index (κ2) is 4.62. The second-order valence-corrected chi connectivity index (χ2v) is 4.42. The Morgan fingerprint density at radius 2 is 2.00 bits per heavy atom. The molecule has 3 heteroatoms. The van der Waals surface area contributed by atoms with Gasteiger partial charge in [-0.25, -0.2) is 0 Å². The summed E-state index contributed by atoms with van der Waals surface area (Å²) in [7, 11) is 1.94. The van der Waals surface area contributed by atoms with E-state index in [1.807, 2.05) is 42.3 Å². The molecule has 0 spiro atoms. The molecule has 2 rings (SSSR count). The van der Waals surface area contributed by atoms with Crippen molar-refractivity contribution in [2.45, 2.75) is 25.8 Å². The molecule has 0 bridgehead atoms. The van der Waals surface area contributed by atoms with Crippen LogP contribution in [0.4, 0.5) is 5.69 Å². The van der Waals surface area contributed by atoms with Crippen molar-refractivity contribution in [3.05, 3.63) is 41.7 Å². The van der Waals surface area contributed by atoms with Crippen molar-refractivity contribution in [2.75, 3.05) is 11.9 Å². The molecule has 1 aliphatic carbocycles. The van der Waals surface area contributed by atoms with Gasteiger partial charge in [0.25, 0.3) is 0 Å². The van der Waals surface area contributed by atoms with Gasteiger partial charge in [0.1, 0.15) is 5.76 Å². The van der Waals surface area contributed by atoms with Gasteiger partial charge in [-0.05, 0) is 31.9 Å². The minimum absolute atomic E-state index is 0.0218. The zero-order chi connectivity index (χ0) is 12.4. The minimum Gasteiger partial charge on any atom is -0.510 e. The molecule has 1 unspecified atom stereocenters. The molecule has 0 aromatic heterocycles. The molecule has 0 saturated heterocycles. The van der Waals surface area contributed by atoms with Crippen molar-refractivity contribution in [1.29, 1.82) is 0 Å². The number of benzene rings is 1. The first-order valence-corrected chi connectivity index (χ1v) is 5.82. The number of rotatable bonds is 3. The molecule has 0 radical (unpaired) electrons. The predicted octanol–water partition coefficient (Wildman–Crippen LogP) is 2.69. The zero-order valence-electron chi connectivity index (χ0n) is 10.2. The lowest BCUT2D eigenvalue weighted by atomic mass is 10.2. The third-order valence-corrected chi connectivity index (χ3v) is 3.35. The smallest absolute Gasteiger partial charge is 0.159 e. The zero-order valence-corrected chi connectivity index (χ0v) is 10.2. The van der Waals surface area contributed by atoms with Crippen LogP contribution in [0.25, 0.3) is 0 Å². The van der Waals surface area contributed by atoms with Crippen molar-refractivity contribution in [1.82, 2.24) is 0 Å². The minimum atomic E-state index is -0.0729. The topological polar surface area (TPSA) is 40.5 Å². The van der Waals surface area contributed by atoms with Crippen LogP contribution < -0.4 is 4.90 Å². The first-order valence-electron chi connectivity index (χ1n) is 5.82. The van der Waals surface area contributed by atoms with E-state index in [2.05, 4.69) is 0 Å². The molecule has 1 aromatic rings. The highest BCUT2D eigenvalue weighted by molar-refractivity contribution is 5.94. The number of hydrogen-bond acceptors (Lipinski definition) is 3. The summed E-state index contributed by atoms with van der Waals surface area (Å²) in [5.74, 6) is 0.218. The Hall–Kier alpha value is -1.77. The number of ketones is 1. The van der Waals surface area contributed by atoms with E-state index in [-0.39, 0.29) is 17.6 Å². The molecule has 1 atom stereocenters. The summed E-state index contributed by atoms with van der Waals surface area (Å²) in [6.07, 6.45) is 1.47. The van der Waals surface area contributed by atoms with Crippen molar-refractivity contribution in [3.63, 3.8) is 0 Å². The summed E-state index contributed by atoms with van der Waals surface area (Å²) >= 11 is 0. The van der Waals surface area contributed by atoms with Gasteiger partial charge in [0.05, 0.1) is 6.04 Å². The van der Waals surface area contributed by atoms with Crippen LogP contribution in [0.5, 0.6) is 0 Å². The number of aliphatic hydroxyl groups is 1. The first kappa shape index (κ1) is 11.7. The summed E-state index contributed by atoms with van der Waals surface area (Å²) < 4.78 is 0. The summed E-state index contributed by atoms with van der Waals surface area (Å²) in [5.41, 5.74) is 1.63. The van der Waals surface area contributed by atoms with Crippen LogP contribution in [0.2, 0.25) is 0 Å². The van der Waals surface area contributed by atoms with Crippen molar-refractivity contribution in [2.24, 2.45) is 0 Å². The average molecular weight is 231 g/mol. The Kier molecular flexibility index (Phi) is 3.18. The molecule has 1 aliphatic rings. The number of carbonyl (C=O) groups excluding carboxylic acids is 1. The molecule has 0 fully saturated rings. The molecule has 0 aliphatic heterocycles. The molecule has 1 aromatic carbocycles. The van der Waals surface area contributed by atoms with Crippen LogP contribution in [-0.2, 0) is 4.79 Å². The number of Topliss-reactive ketones (excluding diaryl/α,β-unsaturated/α-hetero) is 1. The van der Waals surface area contributed by atoms with Crippen LogP contribution in [0.1, 0.15) is 19.8 Å². The SMILES string of the molecule is CC(=O)C1=C(O)C(N(C)c2ccccc2)CC1. The summed E-state index contributed by atoms with van der Waals surface area (Å²) in [5, 5.41) is 10.1. The van der Waals surface area contributed by atoms with Crippen LogP contribution in [0, 0.1) is 0 Å². The second-order valence-electron chi connectivity index (χ2n) is 4.42. The Morgan fingerprint density at radius 1 is 1.35 bits per heavy atom. The normalized spacial score (nSPS) is 19.5. The molecule has 3 nitrogen and oxygen atoms in total. The fraction of sp³-hybridized carbons (Fsp3) is 0.357. The van der Waals surface area contributed by atoms with Gasteiger partial charge < -0.3 is 10.0 Å². The van der Waals surface area contributed by atoms with Gasteiger partial charge >= 0.3 is 0 Å². The molecular formula is C14H17NO2. The highest BCUT2D eigenvalue weighted by Crippen LogP contribution is 2.31. The lowest BCUT2D eigenvalue weighted by molar-refractivity contribution is -0.113. The highest BCUT2D eigenvalue weighted by atomic mass is 16.3. The van der Waals surface area contributed by atoms with E-state index in [0.29, 0.717) is 12.0 Å². The number of aliphatic hydroxyl groups excluding tert-OH is 1. The van der Waals surface area contributed by atoms with Crippen LogP contribution in [0.3, 0.4) is 0 Å². The van der Waals surface area contributed by atoms with E-state index >= 15 is 0 Å². The fourth-order valence-corrected chi connectivity index (χ4v) is 2.32. The van der Waals surface area contributed by atoms with Crippen molar-refractivity contribution < 1.29 is 9.90 Å². The van der Waals surface area contributed by atoms with Gasteiger partial charge in [-0.15, -0.1) is 0 Å². The Morgan fingerprint density at radius 3 is 2.53 bits per heavy atom. The molecule has 1 N–H and O–H groups in total. The molecule has 0 amide bonds. The number of allylic oxidation sites excluding steroid dienone is 1. The van der Waals surface area contributed by atoms with Gasteiger partial charge in [0, 0.05) is 18.3 Å². The largest absolute Gasteiger partial charge is 0.510 e. The fourth-order valence-electron chi connectivity index (χ4n) is 2.32. The van der Waals surface area contributed by atoms with E-state index in [9.17, 15) is 9.90 Å². The van der Waals surface area contributed by atoms with Crippen LogP contribution >= 0.6 is 0 Å². The van der Waals surface area contributed by atoms with E-state index in [0.717, 1.165) is 12.1 Å². The standard InChI is InChI=1S/C14H17NO2/c1-10(16)12-8-9-13(14(12)17)15(2)11-6-4-3-5-7-11/h3-7,13,17H,8-9H2,1-2H3. The number of hydrogen-bond donors (Lipinski definition) is 1. The molecule has 90 valence electrons. The van der Waals surface area contributed by atoms with E-state index in [4.69, 9.17) is 0 Å². The number of carbonyl (C=O) groups is 1. The Labute approximate surface area is 101 Å². The lowest BCUT2D eigenvalue weighted by Gasteiger charge is -2.26. The highest BCUT2D eigenvalue weighted by Gasteiger charge is 2.30. The van der Waals surface area contributed by atoms with Gasteiger partial charge in [-0.1, -0.05) is 18.2 Å². The average Bonchev–Trinajstić information content (AvgIpc) is 2.71. The maximum atomic E-state index is 11.3. The quantitative estimate of drug-likeness (QED) is 0.869. The Balaban J connectivity index is 2.23. The van der Waals surface area contributed by atoms with Crippen molar-refractivity contribution >= 4 is 11.5 Å². The third kappa shape index (κ3) is 2.18. The molecule has 0 heterocycles. The number of anilines is 1. The molecule has 17 heavy (non-hydrogen) atoms. The van der Waals surface area contributed by atoms with E-state index in [1.54, 1.807) is 0 Å². The Bertz CT molecular complexity index is 451. The van der Waals surface area contributed by atoms with Crippen LogP contribution in [0.15, 0.2) is 41.7 Å².